The lowest BCUT2D eigenvalue weighted by atomic mass is 10.2. The van der Waals surface area contributed by atoms with Crippen LogP contribution in [0, 0.1) is 0 Å². The van der Waals surface area contributed by atoms with Gasteiger partial charge in [-0.2, -0.15) is 4.68 Å². The Labute approximate surface area is 106 Å². The average molecular weight is 241 g/mol. The van der Waals surface area contributed by atoms with E-state index >= 15 is 0 Å². The molecule has 5 nitrogen and oxygen atoms in total. The lowest BCUT2D eigenvalue weighted by molar-refractivity contribution is 0.520. The number of rotatable bonds is 4. The predicted molar refractivity (Wildman–Crippen MR) is 68.2 cm³/mol. The van der Waals surface area contributed by atoms with Gasteiger partial charge >= 0.3 is 0 Å². The number of hydrogen-bond acceptors (Lipinski definition) is 4. The van der Waals surface area contributed by atoms with E-state index in [4.69, 9.17) is 0 Å². The van der Waals surface area contributed by atoms with E-state index in [1.807, 2.05) is 30.3 Å². The summed E-state index contributed by atoms with van der Waals surface area (Å²) in [6.07, 6.45) is 6.59. The summed E-state index contributed by atoms with van der Waals surface area (Å²) in [5.74, 6) is 0.841. The van der Waals surface area contributed by atoms with Crippen molar-refractivity contribution >= 4 is 0 Å². The van der Waals surface area contributed by atoms with Crippen molar-refractivity contribution in [3.8, 4) is 5.69 Å². The molecule has 1 aliphatic carbocycles. The van der Waals surface area contributed by atoms with E-state index < -0.39 is 0 Å². The third-order valence-corrected chi connectivity index (χ3v) is 3.09. The third-order valence-electron chi connectivity index (χ3n) is 3.09. The van der Waals surface area contributed by atoms with Crippen LogP contribution in [0.2, 0.25) is 0 Å². The highest BCUT2D eigenvalue weighted by atomic mass is 15.5. The Morgan fingerprint density at radius 1 is 1.17 bits per heavy atom. The Hall–Kier alpha value is -2.01. The second kappa shape index (κ2) is 5.10. The quantitative estimate of drug-likeness (QED) is 0.824. The van der Waals surface area contributed by atoms with E-state index in [1.165, 1.54) is 0 Å². The molecule has 5 heteroatoms. The van der Waals surface area contributed by atoms with Crippen molar-refractivity contribution in [2.75, 3.05) is 0 Å². The minimum atomic E-state index is 0.519. The molecule has 0 spiro atoms. The van der Waals surface area contributed by atoms with Crippen molar-refractivity contribution in [2.45, 2.75) is 25.4 Å². The summed E-state index contributed by atoms with van der Waals surface area (Å²) in [5, 5.41) is 15.3. The van der Waals surface area contributed by atoms with E-state index in [9.17, 15) is 0 Å². The zero-order valence-electron chi connectivity index (χ0n) is 10.0. The summed E-state index contributed by atoms with van der Waals surface area (Å²) in [6.45, 7) is 0.689. The molecule has 0 aliphatic heterocycles. The summed E-state index contributed by atoms with van der Waals surface area (Å²) < 4.78 is 1.77. The zero-order chi connectivity index (χ0) is 12.2. The van der Waals surface area contributed by atoms with Crippen molar-refractivity contribution in [1.82, 2.24) is 25.5 Å². The molecule has 0 fully saturated rings. The molecule has 1 aromatic heterocycles. The SMILES string of the molecule is C1=CCC(NCc2nnnn2-c2ccccc2)C1. The summed E-state index contributed by atoms with van der Waals surface area (Å²) >= 11 is 0. The predicted octanol–water partition coefficient (Wildman–Crippen LogP) is 1.47. The summed E-state index contributed by atoms with van der Waals surface area (Å²) in [5.41, 5.74) is 0.990. The first kappa shape index (κ1) is 11.1. The van der Waals surface area contributed by atoms with Crippen molar-refractivity contribution in [3.05, 3.63) is 48.3 Å². The molecule has 0 saturated carbocycles. The number of tetrazole rings is 1. The average Bonchev–Trinajstić information content (AvgIpc) is 3.09. The van der Waals surface area contributed by atoms with Crippen LogP contribution < -0.4 is 5.32 Å². The molecule has 2 aromatic rings. The van der Waals surface area contributed by atoms with Crippen LogP contribution in [0.3, 0.4) is 0 Å². The van der Waals surface area contributed by atoms with Gasteiger partial charge in [0.05, 0.1) is 12.2 Å². The van der Waals surface area contributed by atoms with Gasteiger partial charge in [-0.25, -0.2) is 0 Å². The Bertz CT molecular complexity index is 523. The van der Waals surface area contributed by atoms with Crippen LogP contribution in [0.25, 0.3) is 5.69 Å². The largest absolute Gasteiger partial charge is 0.306 e. The van der Waals surface area contributed by atoms with E-state index in [2.05, 4.69) is 33.0 Å². The first-order chi connectivity index (χ1) is 8.93. The summed E-state index contributed by atoms with van der Waals surface area (Å²) in [4.78, 5) is 0. The summed E-state index contributed by atoms with van der Waals surface area (Å²) in [6, 6.07) is 10.5. The minimum absolute atomic E-state index is 0.519. The van der Waals surface area contributed by atoms with Gasteiger partial charge in [-0.1, -0.05) is 30.4 Å². The van der Waals surface area contributed by atoms with Gasteiger partial charge in [0.2, 0.25) is 0 Å². The Morgan fingerprint density at radius 2 is 1.94 bits per heavy atom. The number of para-hydroxylation sites is 1. The molecular weight excluding hydrogens is 226 g/mol. The van der Waals surface area contributed by atoms with Crippen molar-refractivity contribution in [1.29, 1.82) is 0 Å². The van der Waals surface area contributed by atoms with Gasteiger partial charge in [0.1, 0.15) is 0 Å². The molecule has 0 unspecified atom stereocenters. The maximum absolute atomic E-state index is 4.07. The van der Waals surface area contributed by atoms with E-state index in [0.717, 1.165) is 24.4 Å². The van der Waals surface area contributed by atoms with E-state index in [0.29, 0.717) is 12.6 Å². The Kier molecular flexibility index (Phi) is 3.14. The lowest BCUT2D eigenvalue weighted by Crippen LogP contribution is -2.27. The monoisotopic (exact) mass is 241 g/mol. The second-order valence-electron chi connectivity index (χ2n) is 4.36. The van der Waals surface area contributed by atoms with Gasteiger partial charge < -0.3 is 5.32 Å². The zero-order valence-corrected chi connectivity index (χ0v) is 10.0. The van der Waals surface area contributed by atoms with E-state index in [1.54, 1.807) is 4.68 Å². The fraction of sp³-hybridized carbons (Fsp3) is 0.308. The highest BCUT2D eigenvalue weighted by Crippen LogP contribution is 2.11. The molecule has 0 atom stereocenters. The normalized spacial score (nSPS) is 15.3. The van der Waals surface area contributed by atoms with Gasteiger partial charge in [-0.3, -0.25) is 0 Å². The first-order valence-corrected chi connectivity index (χ1v) is 6.14. The van der Waals surface area contributed by atoms with Gasteiger partial charge in [-0.15, -0.1) is 5.10 Å². The third kappa shape index (κ3) is 2.31. The van der Waals surface area contributed by atoms with Gasteiger partial charge in [0.15, 0.2) is 5.82 Å². The molecule has 18 heavy (non-hydrogen) atoms. The standard InChI is InChI=1S/C13H15N5/c1-2-8-12(9-3-1)18-13(15-16-17-18)10-14-11-6-4-5-7-11/h1-5,8-9,11,14H,6-7,10H2. The molecule has 1 aliphatic rings. The highest BCUT2D eigenvalue weighted by molar-refractivity contribution is 5.30. The highest BCUT2D eigenvalue weighted by Gasteiger charge is 2.12. The van der Waals surface area contributed by atoms with Gasteiger partial charge in [-0.05, 0) is 35.4 Å². The molecule has 1 heterocycles. The van der Waals surface area contributed by atoms with Crippen LogP contribution in [-0.2, 0) is 6.54 Å². The number of aromatic nitrogens is 4. The second-order valence-corrected chi connectivity index (χ2v) is 4.36. The fourth-order valence-electron chi connectivity index (χ4n) is 2.11. The smallest absolute Gasteiger partial charge is 0.170 e. The first-order valence-electron chi connectivity index (χ1n) is 6.14. The molecule has 0 radical (unpaired) electrons. The molecular formula is C13H15N5. The van der Waals surface area contributed by atoms with Crippen LogP contribution in [0.5, 0.6) is 0 Å². The minimum Gasteiger partial charge on any atom is -0.306 e. The van der Waals surface area contributed by atoms with Crippen molar-refractivity contribution < 1.29 is 0 Å². The Morgan fingerprint density at radius 3 is 2.72 bits per heavy atom. The van der Waals surface area contributed by atoms with Crippen molar-refractivity contribution in [3.63, 3.8) is 0 Å². The van der Waals surface area contributed by atoms with Crippen LogP contribution >= 0.6 is 0 Å². The van der Waals surface area contributed by atoms with Crippen LogP contribution in [0.1, 0.15) is 18.7 Å². The fourth-order valence-corrected chi connectivity index (χ4v) is 2.11. The number of nitrogens with one attached hydrogen (secondary N) is 1. The molecule has 0 bridgehead atoms. The van der Waals surface area contributed by atoms with Crippen molar-refractivity contribution in [2.24, 2.45) is 0 Å². The molecule has 92 valence electrons. The number of benzene rings is 1. The maximum Gasteiger partial charge on any atom is 0.170 e. The van der Waals surface area contributed by atoms with Crippen LogP contribution in [0.4, 0.5) is 0 Å². The van der Waals surface area contributed by atoms with Crippen LogP contribution in [-0.4, -0.2) is 26.2 Å². The molecule has 3 rings (SSSR count). The number of hydrogen-bond donors (Lipinski definition) is 1. The number of nitrogens with zero attached hydrogens (tertiary/aromatic N) is 4. The maximum atomic E-state index is 4.07. The molecule has 0 saturated heterocycles. The van der Waals surface area contributed by atoms with Gasteiger partial charge in [0, 0.05) is 6.04 Å². The molecule has 0 amide bonds. The van der Waals surface area contributed by atoms with Crippen LogP contribution in [0.15, 0.2) is 42.5 Å². The van der Waals surface area contributed by atoms with Gasteiger partial charge in [0.25, 0.3) is 0 Å². The molecule has 1 aromatic carbocycles. The summed E-state index contributed by atoms with van der Waals surface area (Å²) in [7, 11) is 0. The topological polar surface area (TPSA) is 55.6 Å². The van der Waals surface area contributed by atoms with E-state index in [-0.39, 0.29) is 0 Å². The molecule has 1 N–H and O–H groups in total. The Balaban J connectivity index is 1.71. The lowest BCUT2D eigenvalue weighted by Gasteiger charge is -2.11.